The smallest absolute Gasteiger partial charge is 0.0220 e. The minimum absolute atomic E-state index is 0.778. The van der Waals surface area contributed by atoms with E-state index in [9.17, 15) is 0 Å². The zero-order chi connectivity index (χ0) is 11.1. The van der Waals surface area contributed by atoms with Gasteiger partial charge in [-0.05, 0) is 39.3 Å². The van der Waals surface area contributed by atoms with Crippen LogP contribution in [0.15, 0.2) is 0 Å². The minimum Gasteiger partial charge on any atom is -0.315 e. The molecular formula is C13H28N2. The Morgan fingerprint density at radius 2 is 2.20 bits per heavy atom. The third kappa shape index (κ3) is 4.12. The van der Waals surface area contributed by atoms with E-state index in [4.69, 9.17) is 0 Å². The monoisotopic (exact) mass is 212 g/mol. The first-order valence-electron chi connectivity index (χ1n) is 6.72. The molecule has 2 nitrogen and oxygen atoms in total. The van der Waals surface area contributed by atoms with Crippen LogP contribution in [0.2, 0.25) is 0 Å². The molecule has 90 valence electrons. The van der Waals surface area contributed by atoms with Gasteiger partial charge in [-0.15, -0.1) is 0 Å². The SMILES string of the molecule is CCCCC(CC)N(C)C1CCCNC1. The van der Waals surface area contributed by atoms with E-state index < -0.39 is 0 Å². The number of hydrogen-bond acceptors (Lipinski definition) is 2. The van der Waals surface area contributed by atoms with E-state index in [0.29, 0.717) is 0 Å². The summed E-state index contributed by atoms with van der Waals surface area (Å²) >= 11 is 0. The highest BCUT2D eigenvalue weighted by atomic mass is 15.2. The van der Waals surface area contributed by atoms with Crippen LogP contribution >= 0.6 is 0 Å². The van der Waals surface area contributed by atoms with Gasteiger partial charge in [-0.2, -0.15) is 0 Å². The van der Waals surface area contributed by atoms with Crippen molar-refractivity contribution in [3.05, 3.63) is 0 Å². The fraction of sp³-hybridized carbons (Fsp3) is 1.00. The van der Waals surface area contributed by atoms with Crippen molar-refractivity contribution in [2.24, 2.45) is 0 Å². The Balaban J connectivity index is 2.36. The summed E-state index contributed by atoms with van der Waals surface area (Å²) in [7, 11) is 2.32. The van der Waals surface area contributed by atoms with E-state index in [1.54, 1.807) is 0 Å². The Bertz CT molecular complexity index is 153. The fourth-order valence-corrected chi connectivity index (χ4v) is 2.61. The molecule has 2 unspecified atom stereocenters. The molecule has 1 N–H and O–H groups in total. The lowest BCUT2D eigenvalue weighted by Gasteiger charge is -2.37. The van der Waals surface area contributed by atoms with E-state index in [0.717, 1.165) is 12.1 Å². The molecule has 1 aliphatic rings. The Morgan fingerprint density at radius 3 is 2.73 bits per heavy atom. The number of piperidine rings is 1. The molecule has 1 heterocycles. The summed E-state index contributed by atoms with van der Waals surface area (Å²) < 4.78 is 0. The van der Waals surface area contributed by atoms with Crippen LogP contribution in [0.3, 0.4) is 0 Å². The summed E-state index contributed by atoms with van der Waals surface area (Å²) in [5, 5.41) is 3.51. The third-order valence-electron chi connectivity index (χ3n) is 3.78. The molecule has 0 saturated carbocycles. The van der Waals surface area contributed by atoms with Gasteiger partial charge in [0.05, 0.1) is 0 Å². The second kappa shape index (κ2) is 7.24. The van der Waals surface area contributed by atoms with Gasteiger partial charge in [-0.3, -0.25) is 4.90 Å². The maximum Gasteiger partial charge on any atom is 0.0220 e. The van der Waals surface area contributed by atoms with Crippen molar-refractivity contribution in [2.75, 3.05) is 20.1 Å². The van der Waals surface area contributed by atoms with Crippen LogP contribution in [0.1, 0.15) is 52.4 Å². The standard InChI is InChI=1S/C13H28N2/c1-4-6-8-12(5-2)15(3)13-9-7-10-14-11-13/h12-14H,4-11H2,1-3H3. The normalized spacial score (nSPS) is 24.4. The Hall–Kier alpha value is -0.0800. The zero-order valence-corrected chi connectivity index (χ0v) is 10.8. The highest BCUT2D eigenvalue weighted by Crippen LogP contribution is 2.17. The molecule has 0 bridgehead atoms. The van der Waals surface area contributed by atoms with Crippen molar-refractivity contribution < 1.29 is 0 Å². The van der Waals surface area contributed by atoms with Crippen molar-refractivity contribution in [2.45, 2.75) is 64.5 Å². The number of likely N-dealkylation sites (N-methyl/N-ethyl adjacent to an activating group) is 1. The topological polar surface area (TPSA) is 15.3 Å². The molecule has 1 rings (SSSR count). The van der Waals surface area contributed by atoms with Gasteiger partial charge in [-0.25, -0.2) is 0 Å². The maximum absolute atomic E-state index is 3.51. The second-order valence-corrected chi connectivity index (χ2v) is 4.87. The quantitative estimate of drug-likeness (QED) is 0.728. The van der Waals surface area contributed by atoms with Crippen LogP contribution < -0.4 is 5.32 Å². The molecule has 0 aliphatic carbocycles. The van der Waals surface area contributed by atoms with Gasteiger partial charge in [0, 0.05) is 18.6 Å². The van der Waals surface area contributed by atoms with Crippen molar-refractivity contribution in [3.8, 4) is 0 Å². The average molecular weight is 212 g/mol. The highest BCUT2D eigenvalue weighted by Gasteiger charge is 2.22. The van der Waals surface area contributed by atoms with Gasteiger partial charge in [-0.1, -0.05) is 26.7 Å². The second-order valence-electron chi connectivity index (χ2n) is 4.87. The van der Waals surface area contributed by atoms with E-state index >= 15 is 0 Å². The Labute approximate surface area is 95.4 Å². The number of nitrogens with zero attached hydrogens (tertiary/aromatic N) is 1. The molecule has 0 aromatic carbocycles. The predicted molar refractivity (Wildman–Crippen MR) is 67.3 cm³/mol. The predicted octanol–water partition coefficient (Wildman–Crippen LogP) is 2.64. The first kappa shape index (κ1) is 13.0. The molecule has 0 aromatic rings. The van der Waals surface area contributed by atoms with Crippen LogP contribution in [-0.2, 0) is 0 Å². The molecular weight excluding hydrogens is 184 g/mol. The van der Waals surface area contributed by atoms with Gasteiger partial charge in [0.25, 0.3) is 0 Å². The van der Waals surface area contributed by atoms with Crippen molar-refractivity contribution >= 4 is 0 Å². The first-order chi connectivity index (χ1) is 7.29. The summed E-state index contributed by atoms with van der Waals surface area (Å²) in [6.07, 6.45) is 8.11. The molecule has 2 heteroatoms. The van der Waals surface area contributed by atoms with Gasteiger partial charge >= 0.3 is 0 Å². The number of nitrogens with one attached hydrogen (secondary N) is 1. The lowest BCUT2D eigenvalue weighted by Crippen LogP contribution is -2.48. The lowest BCUT2D eigenvalue weighted by atomic mass is 10.0. The van der Waals surface area contributed by atoms with Crippen molar-refractivity contribution in [1.29, 1.82) is 0 Å². The summed E-state index contributed by atoms with van der Waals surface area (Å²) in [4.78, 5) is 2.63. The van der Waals surface area contributed by atoms with Crippen LogP contribution in [0.5, 0.6) is 0 Å². The van der Waals surface area contributed by atoms with Crippen LogP contribution in [-0.4, -0.2) is 37.1 Å². The molecule has 0 radical (unpaired) electrons. The minimum atomic E-state index is 0.778. The summed E-state index contributed by atoms with van der Waals surface area (Å²) in [6, 6.07) is 1.58. The van der Waals surface area contributed by atoms with E-state index in [1.165, 1.54) is 51.6 Å². The van der Waals surface area contributed by atoms with Gasteiger partial charge in [0.2, 0.25) is 0 Å². The number of rotatable bonds is 6. The fourth-order valence-electron chi connectivity index (χ4n) is 2.61. The number of hydrogen-bond donors (Lipinski definition) is 1. The van der Waals surface area contributed by atoms with Crippen LogP contribution in [0.4, 0.5) is 0 Å². The van der Waals surface area contributed by atoms with Crippen LogP contribution in [0.25, 0.3) is 0 Å². The van der Waals surface area contributed by atoms with Gasteiger partial charge in [0.15, 0.2) is 0 Å². The Morgan fingerprint density at radius 1 is 1.40 bits per heavy atom. The lowest BCUT2D eigenvalue weighted by molar-refractivity contribution is 0.134. The van der Waals surface area contributed by atoms with Crippen molar-refractivity contribution in [3.63, 3.8) is 0 Å². The first-order valence-corrected chi connectivity index (χ1v) is 6.72. The third-order valence-corrected chi connectivity index (χ3v) is 3.78. The molecule has 1 fully saturated rings. The van der Waals surface area contributed by atoms with Crippen molar-refractivity contribution in [1.82, 2.24) is 10.2 Å². The van der Waals surface area contributed by atoms with E-state index in [1.807, 2.05) is 0 Å². The number of unbranched alkanes of at least 4 members (excludes halogenated alkanes) is 1. The average Bonchev–Trinajstić information content (AvgIpc) is 2.31. The summed E-state index contributed by atoms with van der Waals surface area (Å²) in [6.45, 7) is 7.02. The molecule has 0 amide bonds. The van der Waals surface area contributed by atoms with E-state index in [-0.39, 0.29) is 0 Å². The zero-order valence-electron chi connectivity index (χ0n) is 10.8. The largest absolute Gasteiger partial charge is 0.315 e. The highest BCUT2D eigenvalue weighted by molar-refractivity contribution is 4.80. The Kier molecular flexibility index (Phi) is 6.26. The molecule has 1 saturated heterocycles. The molecule has 15 heavy (non-hydrogen) atoms. The van der Waals surface area contributed by atoms with E-state index in [2.05, 4.69) is 31.1 Å². The molecule has 0 aromatic heterocycles. The molecule has 1 aliphatic heterocycles. The maximum atomic E-state index is 3.51. The van der Waals surface area contributed by atoms with Gasteiger partial charge in [0.1, 0.15) is 0 Å². The molecule has 2 atom stereocenters. The van der Waals surface area contributed by atoms with Gasteiger partial charge < -0.3 is 5.32 Å². The summed E-state index contributed by atoms with van der Waals surface area (Å²) in [5.41, 5.74) is 0. The van der Waals surface area contributed by atoms with Crippen LogP contribution in [0, 0.1) is 0 Å². The molecule has 0 spiro atoms. The summed E-state index contributed by atoms with van der Waals surface area (Å²) in [5.74, 6) is 0.